The highest BCUT2D eigenvalue weighted by Crippen LogP contribution is 2.33. The minimum absolute atomic E-state index is 0.0774. The van der Waals surface area contributed by atoms with Crippen LogP contribution in [0, 0.1) is 0 Å². The Hall–Kier alpha value is -1.88. The SMILES string of the molecule is CC(O)(Cc1sccc1-c1ccc2cc(Cl)ccc2c1)C(=O)O. The molecule has 0 amide bonds. The lowest BCUT2D eigenvalue weighted by Gasteiger charge is -2.18. The Balaban J connectivity index is 2.01. The summed E-state index contributed by atoms with van der Waals surface area (Å²) in [5.74, 6) is -1.22. The van der Waals surface area contributed by atoms with Gasteiger partial charge >= 0.3 is 5.97 Å². The quantitative estimate of drug-likeness (QED) is 0.725. The first kappa shape index (κ1) is 16.0. The zero-order valence-electron chi connectivity index (χ0n) is 12.4. The molecule has 1 aromatic heterocycles. The van der Waals surface area contributed by atoms with Crippen LogP contribution >= 0.6 is 22.9 Å². The number of hydrogen-bond donors (Lipinski definition) is 2. The zero-order chi connectivity index (χ0) is 16.6. The molecule has 2 N–H and O–H groups in total. The minimum atomic E-state index is -1.77. The van der Waals surface area contributed by atoms with Crippen LogP contribution < -0.4 is 0 Å². The molecule has 2 aromatic carbocycles. The summed E-state index contributed by atoms with van der Waals surface area (Å²) in [5.41, 5.74) is 0.176. The van der Waals surface area contributed by atoms with Gasteiger partial charge in [0, 0.05) is 16.3 Å². The van der Waals surface area contributed by atoms with Gasteiger partial charge in [0.1, 0.15) is 0 Å². The second kappa shape index (κ2) is 5.96. The number of carboxylic acids is 1. The molecule has 23 heavy (non-hydrogen) atoms. The lowest BCUT2D eigenvalue weighted by atomic mass is 9.96. The standard InChI is InChI=1S/C18H15ClO3S/c1-18(22,17(20)21)10-16-15(6-7-23-16)13-3-2-12-9-14(19)5-4-11(12)8-13/h2-9,22H,10H2,1H3,(H,20,21). The second-order valence-electron chi connectivity index (χ2n) is 5.72. The number of halogens is 1. The minimum Gasteiger partial charge on any atom is -0.479 e. The average molecular weight is 347 g/mol. The summed E-state index contributed by atoms with van der Waals surface area (Å²) < 4.78 is 0. The Morgan fingerprint density at radius 2 is 1.87 bits per heavy atom. The third kappa shape index (κ3) is 3.24. The van der Waals surface area contributed by atoms with Crippen molar-refractivity contribution in [2.75, 3.05) is 0 Å². The molecular formula is C18H15ClO3S. The van der Waals surface area contributed by atoms with E-state index >= 15 is 0 Å². The largest absolute Gasteiger partial charge is 0.479 e. The maximum absolute atomic E-state index is 11.1. The number of benzene rings is 2. The molecular weight excluding hydrogens is 332 g/mol. The van der Waals surface area contributed by atoms with Gasteiger partial charge in [-0.1, -0.05) is 29.8 Å². The van der Waals surface area contributed by atoms with Gasteiger partial charge in [-0.2, -0.15) is 0 Å². The molecule has 5 heteroatoms. The smallest absolute Gasteiger partial charge is 0.335 e. The van der Waals surface area contributed by atoms with Crippen molar-refractivity contribution in [1.29, 1.82) is 0 Å². The highest BCUT2D eigenvalue weighted by Gasteiger charge is 2.31. The van der Waals surface area contributed by atoms with Crippen molar-refractivity contribution in [2.24, 2.45) is 0 Å². The molecule has 1 unspecified atom stereocenters. The summed E-state index contributed by atoms with van der Waals surface area (Å²) in [5, 5.41) is 23.9. The molecule has 0 saturated heterocycles. The van der Waals surface area contributed by atoms with E-state index in [1.807, 2.05) is 47.8 Å². The van der Waals surface area contributed by atoms with Gasteiger partial charge in [-0.15, -0.1) is 11.3 Å². The normalized spacial score (nSPS) is 13.9. The Morgan fingerprint density at radius 3 is 2.61 bits per heavy atom. The van der Waals surface area contributed by atoms with Crippen molar-refractivity contribution in [3.8, 4) is 11.1 Å². The zero-order valence-corrected chi connectivity index (χ0v) is 14.0. The van der Waals surface area contributed by atoms with Crippen molar-refractivity contribution in [3.63, 3.8) is 0 Å². The van der Waals surface area contributed by atoms with Gasteiger partial charge in [-0.25, -0.2) is 4.79 Å². The van der Waals surface area contributed by atoms with E-state index in [0.717, 1.165) is 26.8 Å². The summed E-state index contributed by atoms with van der Waals surface area (Å²) in [6, 6.07) is 13.7. The fraction of sp³-hybridized carbons (Fsp3) is 0.167. The number of thiophene rings is 1. The summed E-state index contributed by atoms with van der Waals surface area (Å²) >= 11 is 7.46. The van der Waals surface area contributed by atoms with Crippen molar-refractivity contribution < 1.29 is 15.0 Å². The molecule has 1 atom stereocenters. The van der Waals surface area contributed by atoms with E-state index in [-0.39, 0.29) is 6.42 Å². The molecule has 0 saturated carbocycles. The van der Waals surface area contributed by atoms with Gasteiger partial charge in [-0.3, -0.25) is 0 Å². The fourth-order valence-corrected chi connectivity index (χ4v) is 3.73. The van der Waals surface area contributed by atoms with Crippen LogP contribution in [0.5, 0.6) is 0 Å². The van der Waals surface area contributed by atoms with E-state index in [4.69, 9.17) is 16.7 Å². The van der Waals surface area contributed by atoms with Crippen molar-refractivity contribution in [1.82, 2.24) is 0 Å². The molecule has 0 radical (unpaired) electrons. The van der Waals surface area contributed by atoms with Gasteiger partial charge in [-0.05, 0) is 58.5 Å². The Bertz CT molecular complexity index is 883. The predicted octanol–water partition coefficient (Wildman–Crippen LogP) is 4.60. The molecule has 0 aliphatic rings. The molecule has 3 aromatic rings. The number of carbonyl (C=O) groups is 1. The Labute approximate surface area is 142 Å². The van der Waals surface area contributed by atoms with E-state index < -0.39 is 11.6 Å². The van der Waals surface area contributed by atoms with Crippen LogP contribution in [0.25, 0.3) is 21.9 Å². The van der Waals surface area contributed by atoms with Crippen LogP contribution in [-0.2, 0) is 11.2 Å². The van der Waals surface area contributed by atoms with E-state index in [2.05, 4.69) is 0 Å². The number of rotatable bonds is 4. The molecule has 0 aliphatic heterocycles. The van der Waals surface area contributed by atoms with E-state index in [0.29, 0.717) is 5.02 Å². The predicted molar refractivity (Wildman–Crippen MR) is 94.2 cm³/mol. The first-order valence-electron chi connectivity index (χ1n) is 7.09. The van der Waals surface area contributed by atoms with Crippen LogP contribution in [0.4, 0.5) is 0 Å². The average Bonchev–Trinajstić information content (AvgIpc) is 2.94. The Morgan fingerprint density at radius 1 is 1.17 bits per heavy atom. The van der Waals surface area contributed by atoms with Crippen LogP contribution in [-0.4, -0.2) is 21.8 Å². The highest BCUT2D eigenvalue weighted by atomic mass is 35.5. The maximum Gasteiger partial charge on any atom is 0.335 e. The summed E-state index contributed by atoms with van der Waals surface area (Å²) in [7, 11) is 0. The van der Waals surface area contributed by atoms with Gasteiger partial charge in [0.15, 0.2) is 5.60 Å². The van der Waals surface area contributed by atoms with E-state index in [9.17, 15) is 9.90 Å². The maximum atomic E-state index is 11.1. The van der Waals surface area contributed by atoms with Crippen LogP contribution in [0.1, 0.15) is 11.8 Å². The van der Waals surface area contributed by atoms with Crippen molar-refractivity contribution >= 4 is 39.7 Å². The van der Waals surface area contributed by atoms with E-state index in [1.165, 1.54) is 18.3 Å². The Kier molecular flexibility index (Phi) is 4.15. The molecule has 0 fully saturated rings. The van der Waals surface area contributed by atoms with E-state index in [1.54, 1.807) is 0 Å². The van der Waals surface area contributed by atoms with Gasteiger partial charge in [0.05, 0.1) is 0 Å². The van der Waals surface area contributed by atoms with Crippen LogP contribution in [0.2, 0.25) is 5.02 Å². The van der Waals surface area contributed by atoms with Crippen LogP contribution in [0.3, 0.4) is 0 Å². The number of carboxylic acid groups (broad SMARTS) is 1. The number of hydrogen-bond acceptors (Lipinski definition) is 3. The molecule has 0 aliphatic carbocycles. The lowest BCUT2D eigenvalue weighted by molar-refractivity contribution is -0.156. The third-order valence-corrected chi connectivity index (χ3v) is 4.98. The number of fused-ring (bicyclic) bond motifs is 1. The summed E-state index contributed by atoms with van der Waals surface area (Å²) in [6.07, 6.45) is 0.0774. The van der Waals surface area contributed by atoms with Gasteiger partial charge in [0.25, 0.3) is 0 Å². The van der Waals surface area contributed by atoms with Crippen molar-refractivity contribution in [2.45, 2.75) is 18.9 Å². The summed E-state index contributed by atoms with van der Waals surface area (Å²) in [4.78, 5) is 12.0. The monoisotopic (exact) mass is 346 g/mol. The van der Waals surface area contributed by atoms with Gasteiger partial charge in [0.2, 0.25) is 0 Å². The van der Waals surface area contributed by atoms with Gasteiger partial charge < -0.3 is 10.2 Å². The third-order valence-electron chi connectivity index (χ3n) is 3.82. The number of aliphatic carboxylic acids is 1. The number of aliphatic hydroxyl groups is 1. The van der Waals surface area contributed by atoms with Crippen molar-refractivity contribution in [3.05, 3.63) is 57.7 Å². The summed E-state index contributed by atoms with van der Waals surface area (Å²) in [6.45, 7) is 1.32. The topological polar surface area (TPSA) is 57.5 Å². The highest BCUT2D eigenvalue weighted by molar-refractivity contribution is 7.10. The van der Waals surface area contributed by atoms with Crippen LogP contribution in [0.15, 0.2) is 47.8 Å². The first-order chi connectivity index (χ1) is 10.9. The molecule has 0 spiro atoms. The second-order valence-corrected chi connectivity index (χ2v) is 7.16. The molecule has 0 bridgehead atoms. The fourth-order valence-electron chi connectivity index (χ4n) is 2.51. The lowest BCUT2D eigenvalue weighted by Crippen LogP contribution is -2.37. The molecule has 1 heterocycles. The molecule has 118 valence electrons. The molecule has 3 nitrogen and oxygen atoms in total. The first-order valence-corrected chi connectivity index (χ1v) is 8.34. The molecule has 3 rings (SSSR count).